The molecule has 0 aliphatic heterocycles. The predicted molar refractivity (Wildman–Crippen MR) is 66.0 cm³/mol. The SMILES string of the molecule is CCCN(CCC)c1nc(CCC(C)(F)F)no1. The quantitative estimate of drug-likeness (QED) is 0.720. The second-order valence-corrected chi connectivity index (χ2v) is 4.55. The first-order valence-electron chi connectivity index (χ1n) is 6.41. The summed E-state index contributed by atoms with van der Waals surface area (Å²) < 4.78 is 30.6. The van der Waals surface area contributed by atoms with Gasteiger partial charge >= 0.3 is 6.01 Å². The maximum absolute atomic E-state index is 12.7. The Morgan fingerprint density at radius 3 is 2.33 bits per heavy atom. The summed E-state index contributed by atoms with van der Waals surface area (Å²) in [7, 11) is 0. The van der Waals surface area contributed by atoms with E-state index < -0.39 is 5.92 Å². The van der Waals surface area contributed by atoms with Crippen LogP contribution < -0.4 is 4.90 Å². The lowest BCUT2D eigenvalue weighted by Gasteiger charge is -2.17. The van der Waals surface area contributed by atoms with E-state index in [0.717, 1.165) is 32.9 Å². The zero-order valence-electron chi connectivity index (χ0n) is 11.2. The van der Waals surface area contributed by atoms with Crippen LogP contribution in [0.5, 0.6) is 0 Å². The van der Waals surface area contributed by atoms with E-state index in [0.29, 0.717) is 11.8 Å². The van der Waals surface area contributed by atoms with E-state index in [1.165, 1.54) is 0 Å². The molecular formula is C12H21F2N3O. The minimum Gasteiger partial charge on any atom is -0.324 e. The summed E-state index contributed by atoms with van der Waals surface area (Å²) in [5.74, 6) is -2.34. The third kappa shape index (κ3) is 4.98. The van der Waals surface area contributed by atoms with E-state index in [1.807, 2.05) is 4.90 Å². The summed E-state index contributed by atoms with van der Waals surface area (Å²) >= 11 is 0. The minimum atomic E-state index is -2.69. The first kappa shape index (κ1) is 14.9. The Labute approximate surface area is 106 Å². The van der Waals surface area contributed by atoms with Crippen molar-refractivity contribution >= 4 is 6.01 Å². The third-order valence-electron chi connectivity index (χ3n) is 2.50. The van der Waals surface area contributed by atoms with E-state index in [-0.39, 0.29) is 12.8 Å². The molecule has 0 radical (unpaired) electrons. The standard InChI is InChI=1S/C12H21F2N3O/c1-4-8-17(9-5-2)11-15-10(16-18-11)6-7-12(3,13)14/h4-9H2,1-3H3. The molecule has 1 heterocycles. The van der Waals surface area contributed by atoms with Gasteiger partial charge in [-0.2, -0.15) is 4.98 Å². The van der Waals surface area contributed by atoms with Crippen molar-refractivity contribution in [3.8, 4) is 0 Å². The van der Waals surface area contributed by atoms with Crippen molar-refractivity contribution in [1.82, 2.24) is 10.1 Å². The fourth-order valence-electron chi connectivity index (χ4n) is 1.65. The van der Waals surface area contributed by atoms with Crippen molar-refractivity contribution in [1.29, 1.82) is 0 Å². The largest absolute Gasteiger partial charge is 0.324 e. The van der Waals surface area contributed by atoms with Crippen LogP contribution in [-0.4, -0.2) is 29.2 Å². The molecule has 0 atom stereocenters. The van der Waals surface area contributed by atoms with Gasteiger partial charge in [-0.15, -0.1) is 0 Å². The van der Waals surface area contributed by atoms with Gasteiger partial charge in [-0.25, -0.2) is 8.78 Å². The monoisotopic (exact) mass is 261 g/mol. The highest BCUT2D eigenvalue weighted by molar-refractivity contribution is 5.24. The van der Waals surface area contributed by atoms with Crippen molar-refractivity contribution in [3.63, 3.8) is 0 Å². The normalized spacial score (nSPS) is 11.8. The van der Waals surface area contributed by atoms with Gasteiger partial charge in [0, 0.05) is 25.9 Å². The van der Waals surface area contributed by atoms with Crippen LogP contribution >= 0.6 is 0 Å². The molecule has 0 aliphatic rings. The molecular weight excluding hydrogens is 240 g/mol. The van der Waals surface area contributed by atoms with E-state index in [1.54, 1.807) is 0 Å². The lowest BCUT2D eigenvalue weighted by Crippen LogP contribution is -2.25. The van der Waals surface area contributed by atoms with Crippen LogP contribution in [-0.2, 0) is 6.42 Å². The highest BCUT2D eigenvalue weighted by Gasteiger charge is 2.22. The minimum absolute atomic E-state index is 0.138. The van der Waals surface area contributed by atoms with Gasteiger partial charge in [-0.05, 0) is 19.8 Å². The fourth-order valence-corrected chi connectivity index (χ4v) is 1.65. The van der Waals surface area contributed by atoms with Crippen molar-refractivity contribution in [2.75, 3.05) is 18.0 Å². The molecule has 0 fully saturated rings. The van der Waals surface area contributed by atoms with Gasteiger partial charge in [0.1, 0.15) is 0 Å². The highest BCUT2D eigenvalue weighted by Crippen LogP contribution is 2.20. The van der Waals surface area contributed by atoms with Crippen molar-refractivity contribution in [2.24, 2.45) is 0 Å². The predicted octanol–water partition coefficient (Wildman–Crippen LogP) is 3.28. The summed E-state index contributed by atoms with van der Waals surface area (Å²) in [6.07, 6.45) is 1.84. The van der Waals surface area contributed by atoms with Crippen LogP contribution in [0.1, 0.15) is 45.9 Å². The number of rotatable bonds is 8. The number of anilines is 1. The topological polar surface area (TPSA) is 42.2 Å². The van der Waals surface area contributed by atoms with Gasteiger partial charge in [-0.1, -0.05) is 19.0 Å². The molecule has 0 N–H and O–H groups in total. The number of hydrogen-bond donors (Lipinski definition) is 0. The first-order valence-corrected chi connectivity index (χ1v) is 6.41. The van der Waals surface area contributed by atoms with E-state index >= 15 is 0 Å². The van der Waals surface area contributed by atoms with E-state index in [2.05, 4.69) is 24.0 Å². The highest BCUT2D eigenvalue weighted by atomic mass is 19.3. The van der Waals surface area contributed by atoms with Crippen LogP contribution in [0.3, 0.4) is 0 Å². The Kier molecular flexibility index (Phi) is 5.50. The van der Waals surface area contributed by atoms with Crippen LogP contribution in [0.2, 0.25) is 0 Å². The fraction of sp³-hybridized carbons (Fsp3) is 0.833. The zero-order valence-corrected chi connectivity index (χ0v) is 11.2. The smallest absolute Gasteiger partial charge is 0.324 e. The molecule has 18 heavy (non-hydrogen) atoms. The third-order valence-corrected chi connectivity index (χ3v) is 2.50. The molecule has 0 amide bonds. The molecule has 0 bridgehead atoms. The van der Waals surface area contributed by atoms with Gasteiger partial charge in [0.25, 0.3) is 0 Å². The van der Waals surface area contributed by atoms with E-state index in [9.17, 15) is 8.78 Å². The lowest BCUT2D eigenvalue weighted by atomic mass is 10.2. The molecule has 0 unspecified atom stereocenters. The molecule has 104 valence electrons. The van der Waals surface area contributed by atoms with Crippen LogP contribution in [0, 0.1) is 0 Å². The second kappa shape index (κ2) is 6.66. The Morgan fingerprint density at radius 2 is 1.83 bits per heavy atom. The van der Waals surface area contributed by atoms with Gasteiger partial charge in [-0.3, -0.25) is 0 Å². The molecule has 4 nitrogen and oxygen atoms in total. The average Bonchev–Trinajstić information content (AvgIpc) is 2.74. The molecule has 0 spiro atoms. The number of alkyl halides is 2. The van der Waals surface area contributed by atoms with Crippen LogP contribution in [0.15, 0.2) is 4.52 Å². The summed E-state index contributed by atoms with van der Waals surface area (Å²) in [5.41, 5.74) is 0. The zero-order chi connectivity index (χ0) is 13.6. The van der Waals surface area contributed by atoms with E-state index in [4.69, 9.17) is 4.52 Å². The number of halogens is 2. The van der Waals surface area contributed by atoms with Gasteiger partial charge in [0.15, 0.2) is 5.82 Å². The Hall–Kier alpha value is -1.20. The maximum atomic E-state index is 12.7. The molecule has 1 aromatic rings. The summed E-state index contributed by atoms with van der Waals surface area (Å²) in [4.78, 5) is 6.15. The molecule has 6 heteroatoms. The second-order valence-electron chi connectivity index (χ2n) is 4.55. The maximum Gasteiger partial charge on any atom is 0.324 e. The molecule has 1 rings (SSSR count). The number of hydrogen-bond acceptors (Lipinski definition) is 4. The number of aromatic nitrogens is 2. The van der Waals surface area contributed by atoms with Gasteiger partial charge in [0.2, 0.25) is 5.92 Å². The Balaban J connectivity index is 2.60. The Bertz CT molecular complexity index is 343. The lowest BCUT2D eigenvalue weighted by molar-refractivity contribution is 0.0127. The molecule has 0 saturated heterocycles. The van der Waals surface area contributed by atoms with Crippen molar-refractivity contribution < 1.29 is 13.3 Å². The molecule has 0 aliphatic carbocycles. The van der Waals surface area contributed by atoms with Gasteiger partial charge in [0.05, 0.1) is 0 Å². The summed E-state index contributed by atoms with van der Waals surface area (Å²) in [5, 5.41) is 3.74. The van der Waals surface area contributed by atoms with Crippen LogP contribution in [0.25, 0.3) is 0 Å². The van der Waals surface area contributed by atoms with Crippen molar-refractivity contribution in [3.05, 3.63) is 5.82 Å². The van der Waals surface area contributed by atoms with Crippen molar-refractivity contribution in [2.45, 2.75) is 52.4 Å². The molecule has 1 aromatic heterocycles. The van der Waals surface area contributed by atoms with Gasteiger partial charge < -0.3 is 9.42 Å². The average molecular weight is 261 g/mol. The van der Waals surface area contributed by atoms with Crippen LogP contribution in [0.4, 0.5) is 14.8 Å². The summed E-state index contributed by atoms with van der Waals surface area (Å²) in [6, 6.07) is 0.438. The molecule has 0 saturated carbocycles. The number of aryl methyl sites for hydroxylation is 1. The molecule has 0 aromatic carbocycles. The number of nitrogens with zero attached hydrogens (tertiary/aromatic N) is 3. The first-order chi connectivity index (χ1) is 8.46. The Morgan fingerprint density at radius 1 is 1.22 bits per heavy atom. The summed E-state index contributed by atoms with van der Waals surface area (Å²) in [6.45, 7) is 6.70.